The lowest BCUT2D eigenvalue weighted by Crippen LogP contribution is -2.16. The van der Waals surface area contributed by atoms with Gasteiger partial charge in [0.15, 0.2) is 0 Å². The number of anilines is 2. The molecule has 0 aliphatic rings. The van der Waals surface area contributed by atoms with Crippen molar-refractivity contribution in [3.8, 4) is 5.75 Å². The number of nitrogens with one attached hydrogen (secondary N) is 2. The van der Waals surface area contributed by atoms with Gasteiger partial charge in [0.25, 0.3) is 11.8 Å². The van der Waals surface area contributed by atoms with Crippen LogP contribution in [0, 0.1) is 19.7 Å². The van der Waals surface area contributed by atoms with E-state index in [-0.39, 0.29) is 22.2 Å². The van der Waals surface area contributed by atoms with Crippen LogP contribution in [0.15, 0.2) is 60.7 Å². The Labute approximate surface area is 200 Å². The minimum atomic E-state index is -0.747. The minimum Gasteiger partial charge on any atom is -0.495 e. The molecule has 0 saturated heterocycles. The lowest BCUT2D eigenvalue weighted by Gasteiger charge is -2.14. The van der Waals surface area contributed by atoms with Crippen molar-refractivity contribution in [1.29, 1.82) is 0 Å². The maximum Gasteiger partial charge on any atom is 0.258 e. The maximum absolute atomic E-state index is 14.2. The van der Waals surface area contributed by atoms with Gasteiger partial charge in [-0.3, -0.25) is 14.6 Å². The SMILES string of the molecule is COc1ccc(NC(=O)c2cc3ccc(C)cc3nc2C)cc1NC(=O)c1ccc(Cl)cc1F. The molecule has 0 atom stereocenters. The van der Waals surface area contributed by atoms with Crippen LogP contribution in [-0.2, 0) is 0 Å². The molecule has 0 radical (unpaired) electrons. The van der Waals surface area contributed by atoms with E-state index in [4.69, 9.17) is 16.3 Å². The Morgan fingerprint density at radius 3 is 2.41 bits per heavy atom. The molecule has 172 valence electrons. The van der Waals surface area contributed by atoms with Crippen LogP contribution in [0.5, 0.6) is 5.75 Å². The van der Waals surface area contributed by atoms with Gasteiger partial charge in [-0.15, -0.1) is 0 Å². The van der Waals surface area contributed by atoms with Gasteiger partial charge in [0, 0.05) is 16.1 Å². The lowest BCUT2D eigenvalue weighted by molar-refractivity contribution is 0.101. The molecular weight excluding hydrogens is 457 g/mol. The maximum atomic E-state index is 14.2. The van der Waals surface area contributed by atoms with Crippen molar-refractivity contribution in [2.75, 3.05) is 17.7 Å². The molecule has 34 heavy (non-hydrogen) atoms. The number of hydrogen-bond acceptors (Lipinski definition) is 4. The summed E-state index contributed by atoms with van der Waals surface area (Å²) in [5.74, 6) is -1.43. The van der Waals surface area contributed by atoms with Crippen LogP contribution in [0.25, 0.3) is 10.9 Å². The summed E-state index contributed by atoms with van der Waals surface area (Å²) in [4.78, 5) is 30.2. The Morgan fingerprint density at radius 2 is 1.68 bits per heavy atom. The monoisotopic (exact) mass is 477 g/mol. The molecular formula is C26H21ClFN3O3. The van der Waals surface area contributed by atoms with Crippen LogP contribution < -0.4 is 15.4 Å². The number of aryl methyl sites for hydroxylation is 2. The zero-order valence-corrected chi connectivity index (χ0v) is 19.5. The second-order valence-electron chi connectivity index (χ2n) is 7.76. The first-order valence-corrected chi connectivity index (χ1v) is 10.8. The zero-order chi connectivity index (χ0) is 24.4. The number of amides is 2. The number of nitrogens with zero attached hydrogens (tertiary/aromatic N) is 1. The number of benzene rings is 3. The molecule has 1 aromatic heterocycles. The Balaban J connectivity index is 1.59. The van der Waals surface area contributed by atoms with E-state index >= 15 is 0 Å². The van der Waals surface area contributed by atoms with Crippen molar-refractivity contribution in [3.05, 3.63) is 93.9 Å². The molecule has 2 amide bonds. The summed E-state index contributed by atoms with van der Waals surface area (Å²) in [5.41, 5.74) is 3.44. The summed E-state index contributed by atoms with van der Waals surface area (Å²) in [6.07, 6.45) is 0. The number of hydrogen-bond donors (Lipinski definition) is 2. The largest absolute Gasteiger partial charge is 0.495 e. The number of pyridine rings is 1. The fourth-order valence-electron chi connectivity index (χ4n) is 3.55. The van der Waals surface area contributed by atoms with Gasteiger partial charge in [-0.25, -0.2) is 4.39 Å². The van der Waals surface area contributed by atoms with Gasteiger partial charge in [0.05, 0.1) is 35.1 Å². The van der Waals surface area contributed by atoms with Crippen LogP contribution in [0.2, 0.25) is 5.02 Å². The summed E-state index contributed by atoms with van der Waals surface area (Å²) in [6.45, 7) is 3.76. The first-order valence-electron chi connectivity index (χ1n) is 10.4. The molecule has 4 rings (SSSR count). The highest BCUT2D eigenvalue weighted by Crippen LogP contribution is 2.29. The molecule has 0 unspecified atom stereocenters. The van der Waals surface area contributed by atoms with E-state index in [2.05, 4.69) is 15.6 Å². The highest BCUT2D eigenvalue weighted by Gasteiger charge is 2.17. The first-order chi connectivity index (χ1) is 16.2. The van der Waals surface area contributed by atoms with Gasteiger partial charge >= 0.3 is 0 Å². The second kappa shape index (κ2) is 9.49. The molecule has 0 saturated carbocycles. The van der Waals surface area contributed by atoms with E-state index in [0.29, 0.717) is 22.7 Å². The Hall–Kier alpha value is -3.97. The van der Waals surface area contributed by atoms with Gasteiger partial charge in [0.1, 0.15) is 11.6 Å². The highest BCUT2D eigenvalue weighted by molar-refractivity contribution is 6.30. The third-order valence-corrected chi connectivity index (χ3v) is 5.52. The molecule has 0 spiro atoms. The molecule has 2 N–H and O–H groups in total. The van der Waals surface area contributed by atoms with Crippen molar-refractivity contribution < 1.29 is 18.7 Å². The Bertz CT molecular complexity index is 1440. The standard InChI is InChI=1S/C26H21ClFN3O3/c1-14-4-5-16-11-20(15(2)29-22(16)10-14)26(33)30-18-7-9-24(34-3)23(13-18)31-25(32)19-8-6-17(27)12-21(19)28/h4-13H,1-3H3,(H,30,33)(H,31,32). The van der Waals surface area contributed by atoms with Crippen LogP contribution >= 0.6 is 11.6 Å². The molecule has 3 aromatic carbocycles. The third kappa shape index (κ3) is 4.84. The smallest absolute Gasteiger partial charge is 0.258 e. The lowest BCUT2D eigenvalue weighted by atomic mass is 10.1. The number of aromatic nitrogens is 1. The number of methoxy groups -OCH3 is 1. The zero-order valence-electron chi connectivity index (χ0n) is 18.7. The summed E-state index contributed by atoms with van der Waals surface area (Å²) < 4.78 is 19.5. The molecule has 0 aliphatic heterocycles. The van der Waals surface area contributed by atoms with E-state index in [0.717, 1.165) is 22.5 Å². The van der Waals surface area contributed by atoms with Gasteiger partial charge in [-0.1, -0.05) is 23.7 Å². The molecule has 0 bridgehead atoms. The quantitative estimate of drug-likeness (QED) is 0.361. The number of ether oxygens (including phenoxy) is 1. The summed E-state index contributed by atoms with van der Waals surface area (Å²) in [5, 5.41) is 6.48. The predicted octanol–water partition coefficient (Wildman–Crippen LogP) is 6.16. The topological polar surface area (TPSA) is 80.3 Å². The molecule has 0 fully saturated rings. The van der Waals surface area contributed by atoms with E-state index < -0.39 is 11.7 Å². The van der Waals surface area contributed by atoms with E-state index in [1.807, 2.05) is 25.1 Å². The van der Waals surface area contributed by atoms with Gasteiger partial charge in [-0.05, 0) is 67.9 Å². The summed E-state index contributed by atoms with van der Waals surface area (Å²) in [7, 11) is 1.44. The van der Waals surface area contributed by atoms with Crippen molar-refractivity contribution in [1.82, 2.24) is 4.98 Å². The number of carbonyl (C=O) groups excluding carboxylic acids is 2. The van der Waals surface area contributed by atoms with Crippen molar-refractivity contribution in [2.45, 2.75) is 13.8 Å². The molecule has 8 heteroatoms. The molecule has 6 nitrogen and oxygen atoms in total. The normalized spacial score (nSPS) is 10.7. The Morgan fingerprint density at radius 1 is 0.912 bits per heavy atom. The summed E-state index contributed by atoms with van der Waals surface area (Å²) >= 11 is 5.76. The van der Waals surface area contributed by atoms with Gasteiger partial charge in [0.2, 0.25) is 0 Å². The Kier molecular flexibility index (Phi) is 6.47. The van der Waals surface area contributed by atoms with Crippen LogP contribution in [-0.4, -0.2) is 23.9 Å². The number of carbonyl (C=O) groups is 2. The molecule has 0 aliphatic carbocycles. The highest BCUT2D eigenvalue weighted by atomic mass is 35.5. The molecule has 1 heterocycles. The average Bonchev–Trinajstić information content (AvgIpc) is 2.78. The van der Waals surface area contributed by atoms with E-state index in [1.54, 1.807) is 25.1 Å². The second-order valence-corrected chi connectivity index (χ2v) is 8.20. The third-order valence-electron chi connectivity index (χ3n) is 5.29. The van der Waals surface area contributed by atoms with Crippen molar-refractivity contribution in [2.24, 2.45) is 0 Å². The van der Waals surface area contributed by atoms with Crippen molar-refractivity contribution in [3.63, 3.8) is 0 Å². The van der Waals surface area contributed by atoms with E-state index in [1.165, 1.54) is 25.3 Å². The predicted molar refractivity (Wildman–Crippen MR) is 132 cm³/mol. The number of halogens is 2. The fraction of sp³-hybridized carbons (Fsp3) is 0.115. The summed E-state index contributed by atoms with van der Waals surface area (Å²) in [6, 6.07) is 16.2. The minimum absolute atomic E-state index is 0.172. The van der Waals surface area contributed by atoms with Crippen LogP contribution in [0.3, 0.4) is 0 Å². The number of rotatable bonds is 5. The van der Waals surface area contributed by atoms with Crippen LogP contribution in [0.4, 0.5) is 15.8 Å². The number of fused-ring (bicyclic) bond motifs is 1. The van der Waals surface area contributed by atoms with E-state index in [9.17, 15) is 14.0 Å². The van der Waals surface area contributed by atoms with Gasteiger partial charge in [-0.2, -0.15) is 0 Å². The fourth-order valence-corrected chi connectivity index (χ4v) is 3.71. The molecule has 4 aromatic rings. The first kappa shape index (κ1) is 23.2. The van der Waals surface area contributed by atoms with Gasteiger partial charge < -0.3 is 15.4 Å². The average molecular weight is 478 g/mol. The van der Waals surface area contributed by atoms with Crippen LogP contribution in [0.1, 0.15) is 32.0 Å². The van der Waals surface area contributed by atoms with Crippen molar-refractivity contribution >= 4 is 45.7 Å².